The maximum Gasteiger partial charge on any atom is 0.387 e. The van der Waals surface area contributed by atoms with E-state index in [1.54, 1.807) is 6.07 Å². The zero-order valence-corrected chi connectivity index (χ0v) is 13.8. The van der Waals surface area contributed by atoms with E-state index in [4.69, 9.17) is 0 Å². The van der Waals surface area contributed by atoms with Crippen molar-refractivity contribution in [1.29, 1.82) is 0 Å². The van der Waals surface area contributed by atoms with E-state index in [9.17, 15) is 27.3 Å². The lowest BCUT2D eigenvalue weighted by molar-refractivity contribution is -0.384. The number of hydrogen-bond donors (Lipinski definition) is 1. The summed E-state index contributed by atoms with van der Waals surface area (Å²) >= 11 is 0. The summed E-state index contributed by atoms with van der Waals surface area (Å²) in [6.07, 6.45) is 0.952. The number of nitro groups is 1. The van der Waals surface area contributed by atoms with Gasteiger partial charge in [0.2, 0.25) is 0 Å². The number of alkyl halides is 2. The van der Waals surface area contributed by atoms with Gasteiger partial charge in [-0.25, -0.2) is 8.42 Å². The van der Waals surface area contributed by atoms with Crippen LogP contribution in [-0.2, 0) is 16.4 Å². The van der Waals surface area contributed by atoms with Gasteiger partial charge in [0.15, 0.2) is 9.84 Å². The molecule has 0 saturated carbocycles. The molecule has 1 N–H and O–H groups in total. The van der Waals surface area contributed by atoms with Crippen molar-refractivity contribution in [3.63, 3.8) is 0 Å². The molecule has 2 aromatic rings. The molecule has 0 radical (unpaired) electrons. The number of benzene rings is 2. The van der Waals surface area contributed by atoms with E-state index >= 15 is 0 Å². The molecule has 0 fully saturated rings. The predicted octanol–water partition coefficient (Wildman–Crippen LogP) is 3.21. The van der Waals surface area contributed by atoms with Gasteiger partial charge in [-0.1, -0.05) is 12.1 Å². The van der Waals surface area contributed by atoms with Crippen LogP contribution in [0.2, 0.25) is 0 Å². The largest absolute Gasteiger partial charge is 0.435 e. The molecule has 7 nitrogen and oxygen atoms in total. The fraction of sp³-hybridized carbons (Fsp3) is 0.200. The number of halogens is 2. The van der Waals surface area contributed by atoms with E-state index < -0.39 is 27.1 Å². The first-order valence-corrected chi connectivity index (χ1v) is 8.82. The molecule has 134 valence electrons. The van der Waals surface area contributed by atoms with Crippen molar-refractivity contribution in [1.82, 2.24) is 0 Å². The Bertz CT molecular complexity index is 887. The average Bonchev–Trinajstić information content (AvgIpc) is 2.51. The lowest BCUT2D eigenvalue weighted by atomic mass is 10.2. The molecule has 0 aliphatic carbocycles. The highest BCUT2D eigenvalue weighted by atomic mass is 32.2. The molecule has 0 aromatic heterocycles. The molecule has 0 bridgehead atoms. The monoisotopic (exact) mass is 372 g/mol. The van der Waals surface area contributed by atoms with E-state index in [1.165, 1.54) is 30.3 Å². The maximum atomic E-state index is 12.2. The van der Waals surface area contributed by atoms with Crippen LogP contribution in [0.1, 0.15) is 5.56 Å². The van der Waals surface area contributed by atoms with Crippen molar-refractivity contribution in [3.8, 4) is 5.75 Å². The SMILES string of the molecule is CS(=O)(=O)c1ccc(NCc2cccc(OC(F)F)c2)c([N+](=O)[O-])c1. The van der Waals surface area contributed by atoms with Crippen LogP contribution in [-0.4, -0.2) is 26.2 Å². The third kappa shape index (κ3) is 5.11. The molecule has 0 unspecified atom stereocenters. The second kappa shape index (κ2) is 7.43. The summed E-state index contributed by atoms with van der Waals surface area (Å²) in [7, 11) is -3.58. The van der Waals surface area contributed by atoms with E-state index in [0.29, 0.717) is 5.56 Å². The Morgan fingerprint density at radius 1 is 1.24 bits per heavy atom. The Morgan fingerprint density at radius 3 is 2.56 bits per heavy atom. The first-order chi connectivity index (χ1) is 11.7. The molecule has 10 heteroatoms. The molecular formula is C15H14F2N2O5S. The van der Waals surface area contributed by atoms with Gasteiger partial charge < -0.3 is 10.1 Å². The minimum absolute atomic E-state index is 0.0313. The molecule has 0 amide bonds. The number of rotatable bonds is 7. The van der Waals surface area contributed by atoms with Crippen molar-refractivity contribution in [2.24, 2.45) is 0 Å². The summed E-state index contributed by atoms with van der Waals surface area (Å²) < 4.78 is 51.7. The van der Waals surface area contributed by atoms with Gasteiger partial charge >= 0.3 is 6.61 Å². The van der Waals surface area contributed by atoms with Gasteiger partial charge in [0.25, 0.3) is 5.69 Å². The van der Waals surface area contributed by atoms with E-state index in [1.807, 2.05) is 0 Å². The van der Waals surface area contributed by atoms with Crippen molar-refractivity contribution < 1.29 is 26.9 Å². The Balaban J connectivity index is 2.22. The molecule has 0 atom stereocenters. The molecule has 0 aliphatic heterocycles. The number of nitrogens with zero attached hydrogens (tertiary/aromatic N) is 1. The van der Waals surface area contributed by atoms with Gasteiger partial charge in [-0.05, 0) is 29.8 Å². The first-order valence-electron chi connectivity index (χ1n) is 6.93. The fourth-order valence-electron chi connectivity index (χ4n) is 2.07. The highest BCUT2D eigenvalue weighted by Crippen LogP contribution is 2.28. The highest BCUT2D eigenvalue weighted by Gasteiger charge is 2.18. The second-order valence-electron chi connectivity index (χ2n) is 5.09. The zero-order chi connectivity index (χ0) is 18.6. The van der Waals surface area contributed by atoms with Crippen LogP contribution in [0.25, 0.3) is 0 Å². The predicted molar refractivity (Wildman–Crippen MR) is 86.6 cm³/mol. The summed E-state index contributed by atoms with van der Waals surface area (Å²) in [5.74, 6) is -0.0313. The highest BCUT2D eigenvalue weighted by molar-refractivity contribution is 7.90. The van der Waals surface area contributed by atoms with Gasteiger partial charge in [0.1, 0.15) is 11.4 Å². The molecule has 25 heavy (non-hydrogen) atoms. The quantitative estimate of drug-likeness (QED) is 0.592. The summed E-state index contributed by atoms with van der Waals surface area (Å²) in [4.78, 5) is 10.3. The first kappa shape index (κ1) is 18.6. The van der Waals surface area contributed by atoms with Crippen LogP contribution in [0.5, 0.6) is 5.75 Å². The van der Waals surface area contributed by atoms with Gasteiger partial charge in [0.05, 0.1) is 9.82 Å². The van der Waals surface area contributed by atoms with Gasteiger partial charge in [-0.15, -0.1) is 0 Å². The minimum atomic E-state index is -3.58. The van der Waals surface area contributed by atoms with Crippen molar-refractivity contribution in [2.45, 2.75) is 18.1 Å². The summed E-state index contributed by atoms with van der Waals surface area (Å²) in [5.41, 5.74) is 0.264. The maximum absolute atomic E-state index is 12.2. The summed E-state index contributed by atoms with van der Waals surface area (Å²) in [5, 5.41) is 13.9. The Labute approximate surface area is 142 Å². The summed E-state index contributed by atoms with van der Waals surface area (Å²) in [6, 6.07) is 9.37. The Kier molecular flexibility index (Phi) is 5.52. The average molecular weight is 372 g/mol. The van der Waals surface area contributed by atoms with Gasteiger partial charge in [-0.2, -0.15) is 8.78 Å². The third-order valence-corrected chi connectivity index (χ3v) is 4.31. The van der Waals surface area contributed by atoms with Crippen molar-refractivity contribution in [2.75, 3.05) is 11.6 Å². The molecule has 2 rings (SSSR count). The van der Waals surface area contributed by atoms with Crippen LogP contribution in [0.3, 0.4) is 0 Å². The molecule has 0 heterocycles. The number of nitro benzene ring substituents is 1. The molecular weight excluding hydrogens is 358 g/mol. The van der Waals surface area contributed by atoms with Crippen LogP contribution < -0.4 is 10.1 Å². The molecule has 0 aliphatic rings. The fourth-order valence-corrected chi connectivity index (χ4v) is 2.71. The number of sulfone groups is 1. The number of hydrogen-bond acceptors (Lipinski definition) is 6. The lowest BCUT2D eigenvalue weighted by Crippen LogP contribution is -2.06. The zero-order valence-electron chi connectivity index (χ0n) is 13.0. The van der Waals surface area contributed by atoms with Crippen molar-refractivity contribution >= 4 is 21.2 Å². The van der Waals surface area contributed by atoms with Crippen LogP contribution >= 0.6 is 0 Å². The second-order valence-corrected chi connectivity index (χ2v) is 7.10. The van der Waals surface area contributed by atoms with Crippen LogP contribution in [0.15, 0.2) is 47.4 Å². The van der Waals surface area contributed by atoms with Crippen LogP contribution in [0, 0.1) is 10.1 Å². The standard InChI is InChI=1S/C15H14F2N2O5S/c1-25(22,23)12-5-6-13(14(8-12)19(20)21)18-9-10-3-2-4-11(7-10)24-15(16)17/h2-8,15,18H,9H2,1H3. The lowest BCUT2D eigenvalue weighted by Gasteiger charge is -2.10. The van der Waals surface area contributed by atoms with Crippen molar-refractivity contribution in [3.05, 3.63) is 58.1 Å². The molecule has 0 spiro atoms. The number of anilines is 1. The smallest absolute Gasteiger partial charge is 0.387 e. The summed E-state index contributed by atoms with van der Waals surface area (Å²) in [6.45, 7) is -2.85. The van der Waals surface area contributed by atoms with E-state index in [-0.39, 0.29) is 22.9 Å². The van der Waals surface area contributed by atoms with E-state index in [2.05, 4.69) is 10.1 Å². The molecule has 0 saturated heterocycles. The topological polar surface area (TPSA) is 98.5 Å². The van der Waals surface area contributed by atoms with E-state index in [0.717, 1.165) is 12.3 Å². The third-order valence-electron chi connectivity index (χ3n) is 3.20. The van der Waals surface area contributed by atoms with Crippen LogP contribution in [0.4, 0.5) is 20.2 Å². The number of ether oxygens (including phenoxy) is 1. The normalized spacial score (nSPS) is 11.4. The van der Waals surface area contributed by atoms with Gasteiger partial charge in [0, 0.05) is 18.9 Å². The minimum Gasteiger partial charge on any atom is -0.435 e. The molecule has 2 aromatic carbocycles. The van der Waals surface area contributed by atoms with Gasteiger partial charge in [-0.3, -0.25) is 10.1 Å². The Hall–Kier alpha value is -2.75. The Morgan fingerprint density at radius 2 is 1.96 bits per heavy atom. The number of nitrogens with one attached hydrogen (secondary N) is 1.